The number of hydrogen-bond donors (Lipinski definition) is 1. The second-order valence-corrected chi connectivity index (χ2v) is 5.10. The Morgan fingerprint density at radius 2 is 2.00 bits per heavy atom. The third-order valence-corrected chi connectivity index (χ3v) is 3.66. The van der Waals surface area contributed by atoms with Crippen LogP contribution in [0.2, 0.25) is 0 Å². The molecule has 2 heterocycles. The summed E-state index contributed by atoms with van der Waals surface area (Å²) in [6, 6.07) is 4.23. The minimum atomic E-state index is 0.744. The number of nitrogens with zero attached hydrogens (tertiary/aromatic N) is 3. The smallest absolute Gasteiger partial charge is 0.0834 e. The average Bonchev–Trinajstić information content (AvgIpc) is 2.72. The molecule has 0 aliphatic rings. The summed E-state index contributed by atoms with van der Waals surface area (Å²) in [6.45, 7) is 11.1. The summed E-state index contributed by atoms with van der Waals surface area (Å²) >= 11 is 0. The van der Waals surface area contributed by atoms with Crippen molar-refractivity contribution in [2.24, 2.45) is 0 Å². The third kappa shape index (κ3) is 3.25. The van der Waals surface area contributed by atoms with Crippen molar-refractivity contribution in [3.63, 3.8) is 0 Å². The normalized spacial score (nSPS) is 11.0. The van der Waals surface area contributed by atoms with Crippen molar-refractivity contribution in [3.05, 3.63) is 46.5 Å². The third-order valence-electron chi connectivity index (χ3n) is 3.66. The Hall–Kier alpha value is -1.68. The van der Waals surface area contributed by atoms with E-state index in [0.717, 1.165) is 37.4 Å². The second-order valence-electron chi connectivity index (χ2n) is 5.10. The molecule has 2 rings (SSSR count). The lowest BCUT2D eigenvalue weighted by molar-refractivity contribution is 0.644. The van der Waals surface area contributed by atoms with E-state index in [0.29, 0.717) is 0 Å². The zero-order valence-corrected chi connectivity index (χ0v) is 12.9. The molecule has 20 heavy (non-hydrogen) atoms. The molecular weight excluding hydrogens is 248 g/mol. The highest BCUT2D eigenvalue weighted by molar-refractivity contribution is 5.25. The maximum Gasteiger partial charge on any atom is 0.0834 e. The van der Waals surface area contributed by atoms with E-state index in [1.807, 2.05) is 6.20 Å². The van der Waals surface area contributed by atoms with Crippen LogP contribution in [0.4, 0.5) is 0 Å². The number of hydrogen-bond acceptors (Lipinski definition) is 3. The Bertz CT molecular complexity index is 555. The highest BCUT2D eigenvalue weighted by Gasteiger charge is 2.10. The summed E-state index contributed by atoms with van der Waals surface area (Å²) in [4.78, 5) is 4.53. The summed E-state index contributed by atoms with van der Waals surface area (Å²) in [5.74, 6) is 0. The van der Waals surface area contributed by atoms with Gasteiger partial charge >= 0.3 is 0 Å². The number of pyridine rings is 1. The second kappa shape index (κ2) is 6.66. The summed E-state index contributed by atoms with van der Waals surface area (Å²) < 4.78 is 2.06. The quantitative estimate of drug-likeness (QED) is 0.879. The van der Waals surface area contributed by atoms with Gasteiger partial charge in [-0.3, -0.25) is 9.67 Å². The van der Waals surface area contributed by atoms with E-state index >= 15 is 0 Å². The van der Waals surface area contributed by atoms with Crippen LogP contribution >= 0.6 is 0 Å². The van der Waals surface area contributed by atoms with Crippen molar-refractivity contribution in [3.8, 4) is 0 Å². The molecule has 0 spiro atoms. The lowest BCUT2D eigenvalue weighted by atomic mass is 10.1. The van der Waals surface area contributed by atoms with Crippen molar-refractivity contribution < 1.29 is 0 Å². The predicted octanol–water partition coefficient (Wildman–Crippen LogP) is 2.62. The van der Waals surface area contributed by atoms with E-state index in [-0.39, 0.29) is 0 Å². The maximum atomic E-state index is 4.61. The van der Waals surface area contributed by atoms with Crippen LogP contribution in [0.3, 0.4) is 0 Å². The van der Waals surface area contributed by atoms with Gasteiger partial charge in [0.15, 0.2) is 0 Å². The molecule has 0 saturated heterocycles. The average molecular weight is 272 g/mol. The van der Waals surface area contributed by atoms with Gasteiger partial charge in [-0.1, -0.05) is 19.9 Å². The fourth-order valence-electron chi connectivity index (χ4n) is 2.48. The van der Waals surface area contributed by atoms with Gasteiger partial charge < -0.3 is 5.32 Å². The topological polar surface area (TPSA) is 42.7 Å². The molecular formula is C16H24N4. The Morgan fingerprint density at radius 1 is 1.20 bits per heavy atom. The monoisotopic (exact) mass is 272 g/mol. The zero-order valence-electron chi connectivity index (χ0n) is 12.9. The molecule has 0 aliphatic carbocycles. The zero-order chi connectivity index (χ0) is 14.5. The van der Waals surface area contributed by atoms with Gasteiger partial charge in [0.1, 0.15) is 0 Å². The summed E-state index contributed by atoms with van der Waals surface area (Å²) in [7, 11) is 0. The molecule has 4 heteroatoms. The molecule has 0 unspecified atom stereocenters. The fraction of sp³-hybridized carbons (Fsp3) is 0.500. The number of aromatic nitrogens is 3. The van der Waals surface area contributed by atoms with Crippen molar-refractivity contribution >= 4 is 0 Å². The molecule has 0 amide bonds. The molecule has 0 bridgehead atoms. The Balaban J connectivity index is 2.10. The van der Waals surface area contributed by atoms with Crippen molar-refractivity contribution in [2.45, 2.75) is 47.2 Å². The van der Waals surface area contributed by atoms with Gasteiger partial charge in [0, 0.05) is 18.4 Å². The fourth-order valence-corrected chi connectivity index (χ4v) is 2.48. The van der Waals surface area contributed by atoms with Gasteiger partial charge in [-0.05, 0) is 44.0 Å². The molecule has 2 aromatic heterocycles. The lowest BCUT2D eigenvalue weighted by Crippen LogP contribution is -2.12. The van der Waals surface area contributed by atoms with Crippen LogP contribution in [-0.2, 0) is 19.5 Å². The number of nitrogens with one attached hydrogen (secondary N) is 1. The van der Waals surface area contributed by atoms with Gasteiger partial charge in [0.05, 0.1) is 17.9 Å². The SMILES string of the molecule is CCNCc1ccc(Cn2nc(C)c(CC)c2C)nc1. The Labute approximate surface area is 121 Å². The van der Waals surface area contributed by atoms with Crippen LogP contribution < -0.4 is 5.32 Å². The largest absolute Gasteiger partial charge is 0.313 e. The summed E-state index contributed by atoms with van der Waals surface area (Å²) in [6.07, 6.45) is 2.98. The molecule has 0 aromatic carbocycles. The molecule has 0 aliphatic heterocycles. The standard InChI is InChI=1S/C16H24N4/c1-5-16-12(3)19-20(13(16)4)11-15-8-7-14(10-18-15)9-17-6-2/h7-8,10,17H,5-6,9,11H2,1-4H3. The van der Waals surface area contributed by atoms with Gasteiger partial charge in [-0.25, -0.2) is 0 Å². The van der Waals surface area contributed by atoms with Gasteiger partial charge in [0.2, 0.25) is 0 Å². The minimum absolute atomic E-state index is 0.744. The van der Waals surface area contributed by atoms with E-state index in [1.54, 1.807) is 0 Å². The first-order valence-corrected chi connectivity index (χ1v) is 7.33. The highest BCUT2D eigenvalue weighted by Crippen LogP contribution is 2.14. The van der Waals surface area contributed by atoms with E-state index in [2.05, 4.69) is 59.9 Å². The first-order valence-electron chi connectivity index (χ1n) is 7.33. The van der Waals surface area contributed by atoms with E-state index in [1.165, 1.54) is 16.8 Å². The highest BCUT2D eigenvalue weighted by atomic mass is 15.3. The predicted molar refractivity (Wildman–Crippen MR) is 81.8 cm³/mol. The molecule has 0 fully saturated rings. The van der Waals surface area contributed by atoms with Gasteiger partial charge in [0.25, 0.3) is 0 Å². The van der Waals surface area contributed by atoms with Crippen LogP contribution in [0.15, 0.2) is 18.3 Å². The van der Waals surface area contributed by atoms with Gasteiger partial charge in [-0.2, -0.15) is 5.10 Å². The van der Waals surface area contributed by atoms with Crippen LogP contribution in [0.1, 0.15) is 42.1 Å². The molecule has 0 saturated carbocycles. The molecule has 0 atom stereocenters. The van der Waals surface area contributed by atoms with Crippen LogP contribution in [-0.4, -0.2) is 21.3 Å². The molecule has 2 aromatic rings. The molecule has 4 nitrogen and oxygen atoms in total. The molecule has 108 valence electrons. The van der Waals surface area contributed by atoms with Crippen molar-refractivity contribution in [1.82, 2.24) is 20.1 Å². The van der Waals surface area contributed by atoms with E-state index < -0.39 is 0 Å². The van der Waals surface area contributed by atoms with Gasteiger partial charge in [-0.15, -0.1) is 0 Å². The van der Waals surface area contributed by atoms with E-state index in [9.17, 15) is 0 Å². The molecule has 1 N–H and O–H groups in total. The summed E-state index contributed by atoms with van der Waals surface area (Å²) in [5.41, 5.74) is 6.02. The maximum absolute atomic E-state index is 4.61. The number of rotatable bonds is 6. The molecule has 0 radical (unpaired) electrons. The first kappa shape index (κ1) is 14.7. The van der Waals surface area contributed by atoms with Crippen molar-refractivity contribution in [2.75, 3.05) is 6.54 Å². The van der Waals surface area contributed by atoms with E-state index in [4.69, 9.17) is 0 Å². The van der Waals surface area contributed by atoms with Crippen LogP contribution in [0.25, 0.3) is 0 Å². The minimum Gasteiger partial charge on any atom is -0.313 e. The van der Waals surface area contributed by atoms with Crippen molar-refractivity contribution in [1.29, 1.82) is 0 Å². The van der Waals surface area contributed by atoms with Crippen LogP contribution in [0, 0.1) is 13.8 Å². The first-order chi connectivity index (χ1) is 9.65. The Morgan fingerprint density at radius 3 is 2.55 bits per heavy atom. The lowest BCUT2D eigenvalue weighted by Gasteiger charge is -2.06. The Kier molecular flexibility index (Phi) is 4.90. The summed E-state index contributed by atoms with van der Waals surface area (Å²) in [5, 5.41) is 7.92. The van der Waals surface area contributed by atoms with Crippen LogP contribution in [0.5, 0.6) is 0 Å². The number of aryl methyl sites for hydroxylation is 1.